The lowest BCUT2D eigenvalue weighted by molar-refractivity contribution is -0.119. The minimum atomic E-state index is -0.0111. The Kier molecular flexibility index (Phi) is 8.82. The van der Waals surface area contributed by atoms with Crippen molar-refractivity contribution in [3.8, 4) is 12.1 Å². The molecule has 0 unspecified atom stereocenters. The van der Waals surface area contributed by atoms with Gasteiger partial charge in [-0.3, -0.25) is 9.59 Å². The number of Topliss-reactive ketones (excluding diaryl/α,β-unsaturated/α-hetero) is 2. The molecule has 0 aromatic heterocycles. The highest BCUT2D eigenvalue weighted by Gasteiger charge is 2.02. The first-order chi connectivity index (χ1) is 7.70. The van der Waals surface area contributed by atoms with Crippen LogP contribution >= 0.6 is 0 Å². The van der Waals surface area contributed by atoms with Gasteiger partial charge in [-0.25, -0.2) is 0 Å². The number of nitrogens with zero attached hydrogens (tertiary/aromatic N) is 2. The van der Waals surface area contributed by atoms with Crippen LogP contribution in [0.3, 0.4) is 0 Å². The smallest absolute Gasteiger partial charge is 0.146 e. The van der Waals surface area contributed by atoms with Gasteiger partial charge in [0.15, 0.2) is 0 Å². The Morgan fingerprint density at radius 3 is 1.44 bits per heavy atom. The molecule has 0 aromatic carbocycles. The molecule has 0 fully saturated rings. The van der Waals surface area contributed by atoms with Crippen LogP contribution in [0, 0.1) is 22.7 Å². The van der Waals surface area contributed by atoms with Crippen molar-refractivity contribution in [3.05, 3.63) is 0 Å². The number of unbranched alkanes of at least 4 members (excludes halogenated alkanes) is 3. The SMILES string of the molecule is N#CCC(=O)CCCCCCC(=O)CC#N. The molecule has 86 valence electrons. The van der Waals surface area contributed by atoms with Crippen LogP contribution < -0.4 is 0 Å². The molecule has 0 radical (unpaired) electrons. The van der Waals surface area contributed by atoms with Crippen LogP contribution in [0.1, 0.15) is 51.4 Å². The fourth-order valence-corrected chi connectivity index (χ4v) is 1.35. The van der Waals surface area contributed by atoms with Crippen molar-refractivity contribution in [2.45, 2.75) is 51.4 Å². The van der Waals surface area contributed by atoms with Crippen molar-refractivity contribution in [1.82, 2.24) is 0 Å². The number of hydrogen-bond donors (Lipinski definition) is 0. The summed E-state index contributed by atoms with van der Waals surface area (Å²) in [7, 11) is 0. The normalized spacial score (nSPS) is 9.12. The Hall–Kier alpha value is -1.68. The van der Waals surface area contributed by atoms with Crippen LogP contribution in [0.2, 0.25) is 0 Å². The van der Waals surface area contributed by atoms with E-state index in [2.05, 4.69) is 0 Å². The van der Waals surface area contributed by atoms with Crippen LogP contribution in [0.25, 0.3) is 0 Å². The van der Waals surface area contributed by atoms with Crippen molar-refractivity contribution in [1.29, 1.82) is 10.5 Å². The average molecular weight is 220 g/mol. The Morgan fingerprint density at radius 2 is 1.12 bits per heavy atom. The van der Waals surface area contributed by atoms with Gasteiger partial charge in [0.1, 0.15) is 11.6 Å². The van der Waals surface area contributed by atoms with Crippen LogP contribution in [0.5, 0.6) is 0 Å². The van der Waals surface area contributed by atoms with Gasteiger partial charge in [-0.1, -0.05) is 12.8 Å². The average Bonchev–Trinajstić information content (AvgIpc) is 2.24. The molecule has 0 saturated carbocycles. The highest BCUT2D eigenvalue weighted by molar-refractivity contribution is 5.80. The number of nitriles is 2. The van der Waals surface area contributed by atoms with E-state index >= 15 is 0 Å². The third-order valence-corrected chi connectivity index (χ3v) is 2.21. The first kappa shape index (κ1) is 14.3. The second-order valence-electron chi connectivity index (χ2n) is 3.66. The zero-order chi connectivity index (χ0) is 12.2. The van der Waals surface area contributed by atoms with Crippen LogP contribution in [-0.4, -0.2) is 11.6 Å². The maximum atomic E-state index is 11.0. The zero-order valence-corrected chi connectivity index (χ0v) is 9.37. The van der Waals surface area contributed by atoms with Gasteiger partial charge >= 0.3 is 0 Å². The monoisotopic (exact) mass is 220 g/mol. The summed E-state index contributed by atoms with van der Waals surface area (Å²) in [5.41, 5.74) is 0. The minimum absolute atomic E-state index is 0.000650. The van der Waals surface area contributed by atoms with Crippen molar-refractivity contribution in [2.75, 3.05) is 0 Å². The van der Waals surface area contributed by atoms with E-state index < -0.39 is 0 Å². The lowest BCUT2D eigenvalue weighted by atomic mass is 10.1. The third kappa shape index (κ3) is 8.90. The lowest BCUT2D eigenvalue weighted by Crippen LogP contribution is -1.97. The molecule has 0 amide bonds. The summed E-state index contributed by atoms with van der Waals surface area (Å²) in [5.74, 6) is -0.0221. The topological polar surface area (TPSA) is 81.7 Å². The van der Waals surface area contributed by atoms with Gasteiger partial charge in [-0.15, -0.1) is 0 Å². The van der Waals surface area contributed by atoms with Crippen LogP contribution in [0.4, 0.5) is 0 Å². The summed E-state index contributed by atoms with van der Waals surface area (Å²) in [6, 6.07) is 3.65. The quantitative estimate of drug-likeness (QED) is 0.558. The predicted octanol–water partition coefficient (Wildman–Crippen LogP) is 2.29. The van der Waals surface area contributed by atoms with Gasteiger partial charge in [0.05, 0.1) is 25.0 Å². The second-order valence-corrected chi connectivity index (χ2v) is 3.66. The van der Waals surface area contributed by atoms with E-state index in [4.69, 9.17) is 10.5 Å². The molecule has 0 aliphatic carbocycles. The highest BCUT2D eigenvalue weighted by atomic mass is 16.1. The number of ketones is 2. The van der Waals surface area contributed by atoms with Gasteiger partial charge in [-0.05, 0) is 12.8 Å². The summed E-state index contributed by atoms with van der Waals surface area (Å²) < 4.78 is 0. The lowest BCUT2D eigenvalue weighted by Gasteiger charge is -1.98. The van der Waals surface area contributed by atoms with Crippen molar-refractivity contribution >= 4 is 11.6 Å². The molecule has 0 aromatic rings. The first-order valence-corrected chi connectivity index (χ1v) is 5.48. The van der Waals surface area contributed by atoms with Gasteiger partial charge in [0.2, 0.25) is 0 Å². The molecule has 0 bridgehead atoms. The van der Waals surface area contributed by atoms with Crippen LogP contribution in [-0.2, 0) is 9.59 Å². The van der Waals surface area contributed by atoms with Crippen molar-refractivity contribution in [2.24, 2.45) is 0 Å². The number of carbonyl (C=O) groups is 2. The molecule has 0 spiro atoms. The molecule has 0 heterocycles. The molecule has 0 atom stereocenters. The minimum Gasteiger partial charge on any atom is -0.299 e. The summed E-state index contributed by atoms with van der Waals surface area (Å²) in [6.07, 6.45) is 4.29. The molecular formula is C12H16N2O2. The fraction of sp³-hybridized carbons (Fsp3) is 0.667. The van der Waals surface area contributed by atoms with Gasteiger partial charge in [0, 0.05) is 12.8 Å². The maximum Gasteiger partial charge on any atom is 0.146 e. The Labute approximate surface area is 95.9 Å². The van der Waals surface area contributed by atoms with E-state index in [-0.39, 0.29) is 24.4 Å². The second kappa shape index (κ2) is 9.86. The van der Waals surface area contributed by atoms with Crippen molar-refractivity contribution < 1.29 is 9.59 Å². The number of rotatable bonds is 9. The highest BCUT2D eigenvalue weighted by Crippen LogP contribution is 2.07. The third-order valence-electron chi connectivity index (χ3n) is 2.21. The standard InChI is InChI=1S/C12H16N2O2/c13-9-7-11(15)5-3-1-2-4-6-12(16)8-10-14/h1-8H2. The molecular weight excluding hydrogens is 204 g/mol. The van der Waals surface area contributed by atoms with Crippen molar-refractivity contribution in [3.63, 3.8) is 0 Å². The summed E-state index contributed by atoms with van der Waals surface area (Å²) >= 11 is 0. The van der Waals surface area contributed by atoms with E-state index in [1.165, 1.54) is 0 Å². The molecule has 4 heteroatoms. The maximum absolute atomic E-state index is 11.0. The Bertz CT molecular complexity index is 278. The van der Waals surface area contributed by atoms with Gasteiger partial charge in [0.25, 0.3) is 0 Å². The van der Waals surface area contributed by atoms with Gasteiger partial charge in [-0.2, -0.15) is 10.5 Å². The van der Waals surface area contributed by atoms with E-state index in [0.717, 1.165) is 25.7 Å². The Morgan fingerprint density at radius 1 is 0.750 bits per heavy atom. The van der Waals surface area contributed by atoms with E-state index in [1.54, 1.807) is 0 Å². The molecule has 0 aliphatic heterocycles. The molecule has 16 heavy (non-hydrogen) atoms. The van der Waals surface area contributed by atoms with E-state index in [0.29, 0.717) is 12.8 Å². The van der Waals surface area contributed by atoms with Crippen LogP contribution in [0.15, 0.2) is 0 Å². The Balaban J connectivity index is 3.29. The largest absolute Gasteiger partial charge is 0.299 e. The molecule has 0 aliphatic rings. The van der Waals surface area contributed by atoms with Gasteiger partial charge < -0.3 is 0 Å². The molecule has 0 rings (SSSR count). The number of carbonyl (C=O) groups excluding carboxylic acids is 2. The van der Waals surface area contributed by atoms with E-state index in [9.17, 15) is 9.59 Å². The summed E-state index contributed by atoms with van der Waals surface area (Å²) in [6.45, 7) is 0. The number of hydrogen-bond acceptors (Lipinski definition) is 4. The summed E-state index contributed by atoms with van der Waals surface area (Å²) in [5, 5.41) is 16.5. The fourth-order valence-electron chi connectivity index (χ4n) is 1.35. The molecule has 0 saturated heterocycles. The summed E-state index contributed by atoms with van der Waals surface area (Å²) in [4.78, 5) is 21.9. The first-order valence-electron chi connectivity index (χ1n) is 5.48. The molecule has 0 N–H and O–H groups in total. The zero-order valence-electron chi connectivity index (χ0n) is 9.37. The molecule has 4 nitrogen and oxygen atoms in total. The predicted molar refractivity (Wildman–Crippen MR) is 58.2 cm³/mol. The van der Waals surface area contributed by atoms with E-state index in [1.807, 2.05) is 12.1 Å².